The van der Waals surface area contributed by atoms with Gasteiger partial charge in [-0.2, -0.15) is 0 Å². The maximum absolute atomic E-state index is 10.6. The molecule has 3 heteroatoms. The second kappa shape index (κ2) is 8.35. The largest absolute Gasteiger partial charge is 0.478 e. The number of carboxylic acid groups (broad SMARTS) is 1. The molecule has 0 bridgehead atoms. The molecule has 23 heavy (non-hydrogen) atoms. The number of aliphatic carboxylic acids is 1. The van der Waals surface area contributed by atoms with Gasteiger partial charge in [0.05, 0.1) is 0 Å². The molecule has 0 saturated carbocycles. The first-order valence-electron chi connectivity index (χ1n) is 7.97. The van der Waals surface area contributed by atoms with Crippen molar-refractivity contribution in [2.45, 2.75) is 53.9 Å². The molecule has 0 heterocycles. The molecule has 1 rings (SSSR count). The SMILES string of the molecule is CC(C=CC(Cl)=C(C)C=CC1=C(C)CCCC1(C)C)=CC(=O)O. The first-order valence-corrected chi connectivity index (χ1v) is 8.35. The average molecular weight is 335 g/mol. The van der Waals surface area contributed by atoms with Crippen molar-refractivity contribution < 1.29 is 9.90 Å². The molecule has 0 aliphatic heterocycles. The Morgan fingerprint density at radius 3 is 2.43 bits per heavy atom. The summed E-state index contributed by atoms with van der Waals surface area (Å²) in [7, 11) is 0. The molecule has 0 radical (unpaired) electrons. The van der Waals surface area contributed by atoms with E-state index in [4.69, 9.17) is 16.7 Å². The molecule has 0 aromatic heterocycles. The minimum Gasteiger partial charge on any atom is -0.478 e. The standard InChI is InChI=1S/C20H27ClO2/c1-14(13-19(22)23)8-11-18(21)16(3)9-10-17-15(2)7-6-12-20(17,4)5/h8-11,13H,6-7,12H2,1-5H3,(H,22,23). The van der Waals surface area contributed by atoms with Gasteiger partial charge in [0.15, 0.2) is 0 Å². The fourth-order valence-electron chi connectivity index (χ4n) is 2.88. The second-order valence-electron chi connectivity index (χ2n) is 6.86. The topological polar surface area (TPSA) is 37.3 Å². The van der Waals surface area contributed by atoms with Gasteiger partial charge >= 0.3 is 5.97 Å². The van der Waals surface area contributed by atoms with Crippen molar-refractivity contribution in [3.05, 3.63) is 57.7 Å². The zero-order valence-corrected chi connectivity index (χ0v) is 15.5. The number of rotatable bonds is 5. The molecule has 1 aliphatic rings. The second-order valence-corrected chi connectivity index (χ2v) is 7.26. The van der Waals surface area contributed by atoms with Crippen LogP contribution in [0.2, 0.25) is 0 Å². The summed E-state index contributed by atoms with van der Waals surface area (Å²) in [4.78, 5) is 10.6. The highest BCUT2D eigenvalue weighted by Gasteiger charge is 2.26. The number of allylic oxidation sites excluding steroid dienone is 9. The lowest BCUT2D eigenvalue weighted by molar-refractivity contribution is -0.131. The van der Waals surface area contributed by atoms with E-state index in [1.165, 1.54) is 30.4 Å². The summed E-state index contributed by atoms with van der Waals surface area (Å²) < 4.78 is 0. The van der Waals surface area contributed by atoms with Crippen molar-refractivity contribution in [1.29, 1.82) is 0 Å². The zero-order valence-electron chi connectivity index (χ0n) is 14.7. The fraction of sp³-hybridized carbons (Fsp3) is 0.450. The molecule has 0 saturated heterocycles. The molecule has 0 aromatic rings. The molecule has 1 N–H and O–H groups in total. The van der Waals surface area contributed by atoms with E-state index < -0.39 is 5.97 Å². The maximum atomic E-state index is 10.6. The first-order chi connectivity index (χ1) is 10.6. The summed E-state index contributed by atoms with van der Waals surface area (Å²) in [6.07, 6.45) is 12.5. The van der Waals surface area contributed by atoms with E-state index in [9.17, 15) is 4.79 Å². The minimum atomic E-state index is -0.953. The third kappa shape index (κ3) is 6.23. The molecule has 1 aliphatic carbocycles. The lowest BCUT2D eigenvalue weighted by atomic mass is 9.72. The average Bonchev–Trinajstić information content (AvgIpc) is 2.42. The summed E-state index contributed by atoms with van der Waals surface area (Å²) in [6, 6.07) is 0. The Balaban J connectivity index is 2.94. The molecular formula is C20H27ClO2. The Morgan fingerprint density at radius 2 is 1.87 bits per heavy atom. The van der Waals surface area contributed by atoms with Gasteiger partial charge in [-0.05, 0) is 68.2 Å². The van der Waals surface area contributed by atoms with E-state index in [2.05, 4.69) is 32.9 Å². The van der Waals surface area contributed by atoms with E-state index in [0.29, 0.717) is 10.6 Å². The Morgan fingerprint density at radius 1 is 1.22 bits per heavy atom. The smallest absolute Gasteiger partial charge is 0.328 e. The normalized spacial score (nSPS) is 20.3. The van der Waals surface area contributed by atoms with Crippen molar-refractivity contribution in [2.75, 3.05) is 0 Å². The van der Waals surface area contributed by atoms with Crippen LogP contribution in [-0.4, -0.2) is 11.1 Å². The van der Waals surface area contributed by atoms with E-state index >= 15 is 0 Å². The Hall–Kier alpha value is -1.54. The van der Waals surface area contributed by atoms with Gasteiger partial charge in [-0.1, -0.05) is 49.2 Å². The van der Waals surface area contributed by atoms with Gasteiger partial charge in [0.2, 0.25) is 0 Å². The third-order valence-corrected chi connectivity index (χ3v) is 4.69. The molecule has 2 nitrogen and oxygen atoms in total. The van der Waals surface area contributed by atoms with E-state index in [1.54, 1.807) is 19.1 Å². The number of hydrogen-bond acceptors (Lipinski definition) is 1. The van der Waals surface area contributed by atoms with Gasteiger partial charge in [-0.15, -0.1) is 0 Å². The van der Waals surface area contributed by atoms with Crippen molar-refractivity contribution in [1.82, 2.24) is 0 Å². The predicted molar refractivity (Wildman–Crippen MR) is 98.6 cm³/mol. The van der Waals surface area contributed by atoms with Crippen LogP contribution in [0.4, 0.5) is 0 Å². The maximum Gasteiger partial charge on any atom is 0.328 e. The Bertz CT molecular complexity index is 614. The zero-order chi connectivity index (χ0) is 17.6. The summed E-state index contributed by atoms with van der Waals surface area (Å²) in [6.45, 7) is 10.5. The van der Waals surface area contributed by atoms with Crippen LogP contribution in [0, 0.1) is 5.41 Å². The van der Waals surface area contributed by atoms with E-state index in [0.717, 1.165) is 11.6 Å². The summed E-state index contributed by atoms with van der Waals surface area (Å²) >= 11 is 6.29. The minimum absolute atomic E-state index is 0.211. The lowest BCUT2D eigenvalue weighted by Crippen LogP contribution is -2.19. The van der Waals surface area contributed by atoms with Crippen LogP contribution >= 0.6 is 11.6 Å². The predicted octanol–water partition coefficient (Wildman–Crippen LogP) is 6.17. The van der Waals surface area contributed by atoms with E-state index in [-0.39, 0.29) is 5.41 Å². The Labute approximate surface area is 144 Å². The van der Waals surface area contributed by atoms with Crippen molar-refractivity contribution in [2.24, 2.45) is 5.41 Å². The molecular weight excluding hydrogens is 308 g/mol. The number of hydrogen-bond donors (Lipinski definition) is 1. The number of halogens is 1. The summed E-state index contributed by atoms with van der Waals surface area (Å²) in [5.74, 6) is -0.953. The van der Waals surface area contributed by atoms with Crippen LogP contribution in [-0.2, 0) is 4.79 Å². The van der Waals surface area contributed by atoms with Gasteiger partial charge in [0, 0.05) is 11.1 Å². The highest BCUT2D eigenvalue weighted by molar-refractivity contribution is 6.31. The summed E-state index contributed by atoms with van der Waals surface area (Å²) in [5, 5.41) is 9.31. The molecule has 0 aromatic carbocycles. The van der Waals surface area contributed by atoms with Crippen LogP contribution in [0.1, 0.15) is 53.9 Å². The quantitative estimate of drug-likeness (QED) is 0.482. The van der Waals surface area contributed by atoms with Crippen molar-refractivity contribution >= 4 is 17.6 Å². The molecule has 0 atom stereocenters. The highest BCUT2D eigenvalue weighted by Crippen LogP contribution is 2.40. The van der Waals surface area contributed by atoms with Crippen LogP contribution in [0.15, 0.2) is 57.7 Å². The molecule has 126 valence electrons. The molecule has 0 spiro atoms. The van der Waals surface area contributed by atoms with Gasteiger partial charge < -0.3 is 5.11 Å². The van der Waals surface area contributed by atoms with Crippen LogP contribution in [0.25, 0.3) is 0 Å². The van der Waals surface area contributed by atoms with Gasteiger partial charge in [0.25, 0.3) is 0 Å². The lowest BCUT2D eigenvalue weighted by Gasteiger charge is -2.33. The molecule has 0 unspecified atom stereocenters. The van der Waals surface area contributed by atoms with Crippen molar-refractivity contribution in [3.63, 3.8) is 0 Å². The fourth-order valence-corrected chi connectivity index (χ4v) is 3.00. The molecule has 0 amide bonds. The number of carboxylic acids is 1. The van der Waals surface area contributed by atoms with Crippen LogP contribution in [0.3, 0.4) is 0 Å². The first kappa shape index (κ1) is 19.5. The van der Waals surface area contributed by atoms with Gasteiger partial charge in [-0.25, -0.2) is 4.79 Å². The third-order valence-electron chi connectivity index (χ3n) is 4.26. The van der Waals surface area contributed by atoms with E-state index in [1.807, 2.05) is 6.92 Å². The summed E-state index contributed by atoms with van der Waals surface area (Å²) in [5.41, 5.74) is 4.69. The monoisotopic (exact) mass is 334 g/mol. The highest BCUT2D eigenvalue weighted by atomic mass is 35.5. The number of carbonyl (C=O) groups is 1. The van der Waals surface area contributed by atoms with Crippen molar-refractivity contribution in [3.8, 4) is 0 Å². The van der Waals surface area contributed by atoms with Gasteiger partial charge in [-0.3, -0.25) is 0 Å². The van der Waals surface area contributed by atoms with Crippen LogP contribution < -0.4 is 0 Å². The van der Waals surface area contributed by atoms with Gasteiger partial charge in [0.1, 0.15) is 0 Å². The van der Waals surface area contributed by atoms with Crippen LogP contribution in [0.5, 0.6) is 0 Å². The molecule has 0 fully saturated rings. The Kier molecular flexibility index (Phi) is 7.08.